The van der Waals surface area contributed by atoms with Gasteiger partial charge in [-0.05, 0) is 38.0 Å². The van der Waals surface area contributed by atoms with Crippen molar-refractivity contribution in [3.05, 3.63) is 46.2 Å². The first-order valence-corrected chi connectivity index (χ1v) is 6.96. The molecule has 1 atom stereocenters. The maximum atomic E-state index is 6.41. The van der Waals surface area contributed by atoms with Crippen LogP contribution in [0.15, 0.2) is 24.4 Å². The van der Waals surface area contributed by atoms with Gasteiger partial charge in [0.25, 0.3) is 0 Å². The molecule has 0 spiro atoms. The third-order valence-corrected chi connectivity index (χ3v) is 3.77. The molecular weight excluding hydrogens is 274 g/mol. The number of nitrogens with zero attached hydrogens (tertiary/aromatic N) is 2. The van der Waals surface area contributed by atoms with Crippen LogP contribution in [-0.4, -0.2) is 16.9 Å². The summed E-state index contributed by atoms with van der Waals surface area (Å²) in [4.78, 5) is 0. The highest BCUT2D eigenvalue weighted by atomic mass is 35.5. The number of hydrogen-bond acceptors (Lipinski definition) is 3. The van der Waals surface area contributed by atoms with Crippen molar-refractivity contribution < 1.29 is 4.74 Å². The van der Waals surface area contributed by atoms with E-state index in [1.807, 2.05) is 29.8 Å². The van der Waals surface area contributed by atoms with E-state index < -0.39 is 0 Å². The zero-order valence-corrected chi connectivity index (χ0v) is 13.0. The summed E-state index contributed by atoms with van der Waals surface area (Å²) in [7, 11) is 1.63. The van der Waals surface area contributed by atoms with Crippen molar-refractivity contribution in [3.63, 3.8) is 0 Å². The molecule has 2 N–H and O–H groups in total. The Morgan fingerprint density at radius 2 is 2.05 bits per heavy atom. The third kappa shape index (κ3) is 2.67. The van der Waals surface area contributed by atoms with Gasteiger partial charge in [-0.15, -0.1) is 0 Å². The topological polar surface area (TPSA) is 53.1 Å². The number of rotatable bonds is 4. The van der Waals surface area contributed by atoms with Crippen molar-refractivity contribution in [2.24, 2.45) is 5.73 Å². The van der Waals surface area contributed by atoms with Crippen molar-refractivity contribution in [2.45, 2.75) is 32.9 Å². The molecule has 0 amide bonds. The van der Waals surface area contributed by atoms with Crippen LogP contribution in [0.4, 0.5) is 0 Å². The molecule has 5 heteroatoms. The van der Waals surface area contributed by atoms with Gasteiger partial charge in [0.15, 0.2) is 5.75 Å². The molecular formula is C15H20ClN3O. The third-order valence-electron chi connectivity index (χ3n) is 3.34. The quantitative estimate of drug-likeness (QED) is 0.939. The summed E-state index contributed by atoms with van der Waals surface area (Å²) in [6, 6.07) is 5.73. The molecule has 0 saturated carbocycles. The van der Waals surface area contributed by atoms with Gasteiger partial charge >= 0.3 is 0 Å². The van der Waals surface area contributed by atoms with E-state index in [1.165, 1.54) is 0 Å². The number of methoxy groups -OCH3 is 1. The molecule has 0 saturated heterocycles. The fourth-order valence-electron chi connectivity index (χ4n) is 2.24. The Morgan fingerprint density at radius 3 is 2.60 bits per heavy atom. The highest BCUT2D eigenvalue weighted by molar-refractivity contribution is 6.31. The van der Waals surface area contributed by atoms with Crippen molar-refractivity contribution >= 4 is 11.6 Å². The van der Waals surface area contributed by atoms with Crippen LogP contribution in [0.3, 0.4) is 0 Å². The van der Waals surface area contributed by atoms with Gasteiger partial charge in [0, 0.05) is 11.1 Å². The first kappa shape index (κ1) is 14.9. The largest absolute Gasteiger partial charge is 0.493 e. The smallest absolute Gasteiger partial charge is 0.161 e. The molecule has 0 radical (unpaired) electrons. The second-order valence-corrected chi connectivity index (χ2v) is 5.53. The number of halogens is 1. The number of benzene rings is 1. The van der Waals surface area contributed by atoms with Crippen LogP contribution in [0, 0.1) is 6.92 Å². The van der Waals surface area contributed by atoms with Gasteiger partial charge in [0.1, 0.15) is 5.69 Å². The van der Waals surface area contributed by atoms with E-state index >= 15 is 0 Å². The van der Waals surface area contributed by atoms with E-state index in [1.54, 1.807) is 13.3 Å². The summed E-state index contributed by atoms with van der Waals surface area (Å²) in [6.45, 7) is 6.10. The maximum absolute atomic E-state index is 6.41. The van der Waals surface area contributed by atoms with Crippen LogP contribution in [0.5, 0.6) is 5.75 Å². The average molecular weight is 294 g/mol. The lowest BCUT2D eigenvalue weighted by molar-refractivity contribution is 0.401. The highest BCUT2D eigenvalue weighted by Crippen LogP contribution is 2.31. The number of nitrogens with two attached hydrogens (primary N) is 1. The summed E-state index contributed by atoms with van der Waals surface area (Å²) in [5.74, 6) is 0.707. The zero-order valence-electron chi connectivity index (χ0n) is 12.2. The van der Waals surface area contributed by atoms with Crippen molar-refractivity contribution in [1.29, 1.82) is 0 Å². The minimum absolute atomic E-state index is 0.216. The van der Waals surface area contributed by atoms with E-state index in [4.69, 9.17) is 22.1 Å². The number of aromatic nitrogens is 2. The molecule has 0 fully saturated rings. The number of ether oxygens (including phenoxy) is 1. The van der Waals surface area contributed by atoms with E-state index in [0.29, 0.717) is 5.75 Å². The van der Waals surface area contributed by atoms with Crippen LogP contribution in [0.1, 0.15) is 42.8 Å². The molecule has 20 heavy (non-hydrogen) atoms. The molecule has 4 nitrogen and oxygen atoms in total. The molecule has 0 aliphatic heterocycles. The molecule has 1 heterocycles. The van der Waals surface area contributed by atoms with Gasteiger partial charge in [-0.1, -0.05) is 23.7 Å². The van der Waals surface area contributed by atoms with Crippen LogP contribution in [0.25, 0.3) is 0 Å². The normalized spacial score (nSPS) is 12.8. The van der Waals surface area contributed by atoms with Crippen LogP contribution in [-0.2, 0) is 0 Å². The summed E-state index contributed by atoms with van der Waals surface area (Å²) in [6.07, 6.45) is 1.71. The molecule has 0 aliphatic rings. The van der Waals surface area contributed by atoms with Gasteiger partial charge in [-0.2, -0.15) is 5.10 Å². The van der Waals surface area contributed by atoms with Crippen LogP contribution in [0.2, 0.25) is 5.02 Å². The Balaban J connectivity index is 2.49. The second kappa shape index (κ2) is 5.85. The van der Waals surface area contributed by atoms with E-state index in [9.17, 15) is 0 Å². The molecule has 2 rings (SSSR count). The SMILES string of the molecule is COc1cnn(C(C)C)c1C(N)c1ccc(Cl)c(C)c1. The van der Waals surface area contributed by atoms with Crippen LogP contribution < -0.4 is 10.5 Å². The fourth-order valence-corrected chi connectivity index (χ4v) is 2.36. The summed E-state index contributed by atoms with van der Waals surface area (Å²) >= 11 is 6.07. The molecule has 1 unspecified atom stereocenters. The molecule has 1 aromatic heterocycles. The summed E-state index contributed by atoms with van der Waals surface area (Å²) < 4.78 is 7.28. The first-order valence-electron chi connectivity index (χ1n) is 6.58. The lowest BCUT2D eigenvalue weighted by atomic mass is 10.0. The van der Waals surface area contributed by atoms with Gasteiger partial charge in [0.2, 0.25) is 0 Å². The summed E-state index contributed by atoms with van der Waals surface area (Å²) in [5.41, 5.74) is 9.29. The lowest BCUT2D eigenvalue weighted by Crippen LogP contribution is -2.19. The van der Waals surface area contributed by atoms with E-state index in [-0.39, 0.29) is 12.1 Å². The first-order chi connectivity index (χ1) is 9.45. The fraction of sp³-hybridized carbons (Fsp3) is 0.400. The van der Waals surface area contributed by atoms with Crippen molar-refractivity contribution in [3.8, 4) is 5.75 Å². The second-order valence-electron chi connectivity index (χ2n) is 5.12. The van der Waals surface area contributed by atoms with Crippen LogP contribution >= 0.6 is 11.6 Å². The number of hydrogen-bond donors (Lipinski definition) is 1. The molecule has 1 aromatic carbocycles. The molecule has 108 valence electrons. The van der Waals surface area contributed by atoms with Gasteiger partial charge in [0.05, 0.1) is 19.3 Å². The number of aryl methyl sites for hydroxylation is 1. The molecule has 0 aliphatic carbocycles. The van der Waals surface area contributed by atoms with E-state index in [2.05, 4.69) is 18.9 Å². The Bertz CT molecular complexity index is 607. The van der Waals surface area contributed by atoms with Gasteiger partial charge in [-0.3, -0.25) is 4.68 Å². The summed E-state index contributed by atoms with van der Waals surface area (Å²) in [5, 5.41) is 5.10. The van der Waals surface area contributed by atoms with Crippen molar-refractivity contribution in [1.82, 2.24) is 9.78 Å². The maximum Gasteiger partial charge on any atom is 0.161 e. The Hall–Kier alpha value is -1.52. The Kier molecular flexibility index (Phi) is 4.35. The molecule has 0 bridgehead atoms. The zero-order chi connectivity index (χ0) is 14.9. The van der Waals surface area contributed by atoms with Gasteiger partial charge < -0.3 is 10.5 Å². The Labute approximate surface area is 124 Å². The van der Waals surface area contributed by atoms with Gasteiger partial charge in [-0.25, -0.2) is 0 Å². The Morgan fingerprint density at radius 1 is 1.35 bits per heavy atom. The minimum Gasteiger partial charge on any atom is -0.493 e. The minimum atomic E-state index is -0.300. The standard InChI is InChI=1S/C15H20ClN3O/c1-9(2)19-15(13(20-4)8-18-19)14(17)11-5-6-12(16)10(3)7-11/h5-9,14H,17H2,1-4H3. The monoisotopic (exact) mass is 293 g/mol. The highest BCUT2D eigenvalue weighted by Gasteiger charge is 2.22. The predicted octanol–water partition coefficient (Wildman–Crippen LogP) is 3.48. The van der Waals surface area contributed by atoms with E-state index in [0.717, 1.165) is 21.8 Å². The average Bonchev–Trinajstić information content (AvgIpc) is 2.85. The molecule has 2 aromatic rings. The lowest BCUT2D eigenvalue weighted by Gasteiger charge is -2.19. The van der Waals surface area contributed by atoms with Crippen molar-refractivity contribution in [2.75, 3.05) is 7.11 Å². The predicted molar refractivity (Wildman–Crippen MR) is 81.4 cm³/mol.